The van der Waals surface area contributed by atoms with Crippen molar-refractivity contribution in [1.29, 1.82) is 0 Å². The van der Waals surface area contributed by atoms with Crippen LogP contribution in [0.1, 0.15) is 45.1 Å². The summed E-state index contributed by atoms with van der Waals surface area (Å²) in [5.41, 5.74) is 4.22. The largest absolute Gasteiger partial charge is 0.444 e. The Bertz CT molecular complexity index is 1110. The van der Waals surface area contributed by atoms with Gasteiger partial charge in [-0.25, -0.2) is 14.8 Å². The van der Waals surface area contributed by atoms with E-state index in [1.165, 1.54) is 5.69 Å². The number of amides is 1. The summed E-state index contributed by atoms with van der Waals surface area (Å²) in [5.74, 6) is 0.851. The molecule has 29 heavy (non-hydrogen) atoms. The van der Waals surface area contributed by atoms with Gasteiger partial charge in [-0.05, 0) is 52.7 Å². The van der Waals surface area contributed by atoms with Crippen LogP contribution in [0.4, 0.5) is 4.79 Å². The van der Waals surface area contributed by atoms with Crippen LogP contribution >= 0.6 is 0 Å². The maximum Gasteiger partial charge on any atom is 0.410 e. The van der Waals surface area contributed by atoms with Crippen LogP contribution in [0.2, 0.25) is 0 Å². The summed E-state index contributed by atoms with van der Waals surface area (Å²) in [6, 6.07) is 4.21. The third-order valence-electron chi connectivity index (χ3n) is 5.88. The Hall–Kier alpha value is -2.90. The molecule has 8 heteroatoms. The Labute approximate surface area is 169 Å². The molecule has 0 radical (unpaired) electrons. The molecule has 0 aliphatic carbocycles. The van der Waals surface area contributed by atoms with Crippen molar-refractivity contribution in [1.82, 2.24) is 29.6 Å². The molecular weight excluding hydrogens is 368 g/mol. The van der Waals surface area contributed by atoms with E-state index in [0.717, 1.165) is 54.2 Å². The summed E-state index contributed by atoms with van der Waals surface area (Å²) in [6.07, 6.45) is 3.55. The number of nitrogens with zero attached hydrogens (tertiary/aromatic N) is 5. The van der Waals surface area contributed by atoms with Gasteiger partial charge in [0.25, 0.3) is 0 Å². The molecule has 5 rings (SSSR count). The minimum absolute atomic E-state index is 0.0374. The fraction of sp³-hybridized carbons (Fsp3) is 0.524. The number of carbonyl (C=O) groups is 1. The summed E-state index contributed by atoms with van der Waals surface area (Å²) >= 11 is 0. The van der Waals surface area contributed by atoms with Crippen LogP contribution in [-0.2, 0) is 16.7 Å². The molecule has 3 aromatic heterocycles. The van der Waals surface area contributed by atoms with E-state index < -0.39 is 5.60 Å². The number of aromatic amines is 1. The molecule has 2 aliphatic heterocycles. The summed E-state index contributed by atoms with van der Waals surface area (Å²) in [4.78, 5) is 26.4. The number of likely N-dealkylation sites (tertiary alicyclic amines) is 1. The van der Waals surface area contributed by atoms with E-state index in [1.54, 1.807) is 0 Å². The van der Waals surface area contributed by atoms with Crippen LogP contribution < -0.4 is 0 Å². The monoisotopic (exact) mass is 394 g/mol. The van der Waals surface area contributed by atoms with Gasteiger partial charge in [-0.3, -0.25) is 4.68 Å². The number of hydrogen-bond donors (Lipinski definition) is 1. The number of imidazole rings is 1. The van der Waals surface area contributed by atoms with Crippen LogP contribution in [0.5, 0.6) is 0 Å². The molecule has 152 valence electrons. The molecule has 5 heterocycles. The average Bonchev–Trinajstić information content (AvgIpc) is 3.38. The minimum atomic E-state index is -0.478. The number of hydrogen-bond acceptors (Lipinski definition) is 5. The number of ether oxygens (including phenoxy) is 1. The van der Waals surface area contributed by atoms with Crippen LogP contribution in [0.15, 0.2) is 18.3 Å². The highest BCUT2D eigenvalue weighted by Gasteiger charge is 2.47. The van der Waals surface area contributed by atoms with E-state index in [4.69, 9.17) is 9.84 Å². The van der Waals surface area contributed by atoms with E-state index in [0.29, 0.717) is 6.54 Å². The van der Waals surface area contributed by atoms with Crippen molar-refractivity contribution in [3.05, 3.63) is 29.8 Å². The van der Waals surface area contributed by atoms with Gasteiger partial charge >= 0.3 is 6.09 Å². The van der Waals surface area contributed by atoms with Crippen molar-refractivity contribution in [2.75, 3.05) is 13.1 Å². The fourth-order valence-corrected chi connectivity index (χ4v) is 4.53. The lowest BCUT2D eigenvalue weighted by Crippen LogP contribution is -2.37. The van der Waals surface area contributed by atoms with Crippen molar-refractivity contribution < 1.29 is 9.53 Å². The second kappa shape index (κ2) is 6.05. The standard InChI is InChI=1S/C21H26N6O2/c1-13-23-16-9-14(11-22-18(16)24-13)15-10-17-21(6-8-27(17)25-15)5-7-26(12-21)19(28)29-20(2,3)4/h9-11H,5-8,12H2,1-4H3,(H,22,23,24). The zero-order valence-corrected chi connectivity index (χ0v) is 17.3. The predicted octanol–water partition coefficient (Wildman–Crippen LogP) is 3.41. The molecule has 3 aromatic rings. The molecule has 2 aliphatic rings. The fourth-order valence-electron chi connectivity index (χ4n) is 4.53. The van der Waals surface area contributed by atoms with Crippen molar-refractivity contribution in [3.63, 3.8) is 0 Å². The SMILES string of the molecule is Cc1nc2ncc(-c3cc4n(n3)CCC43CCN(C(=O)OC(C)(C)C)C3)cc2[nH]1. The van der Waals surface area contributed by atoms with Crippen molar-refractivity contribution in [2.24, 2.45) is 0 Å². The number of rotatable bonds is 1. The second-order valence-electron chi connectivity index (χ2n) is 9.24. The molecule has 8 nitrogen and oxygen atoms in total. The lowest BCUT2D eigenvalue weighted by Gasteiger charge is -2.26. The third kappa shape index (κ3) is 3.07. The first-order valence-electron chi connectivity index (χ1n) is 10.1. The van der Waals surface area contributed by atoms with Gasteiger partial charge in [0.05, 0.1) is 11.2 Å². The van der Waals surface area contributed by atoms with Crippen LogP contribution in [0.25, 0.3) is 22.4 Å². The minimum Gasteiger partial charge on any atom is -0.444 e. The maximum absolute atomic E-state index is 12.5. The molecule has 0 saturated carbocycles. The number of H-pyrrole nitrogens is 1. The lowest BCUT2D eigenvalue weighted by molar-refractivity contribution is 0.0284. The summed E-state index contributed by atoms with van der Waals surface area (Å²) < 4.78 is 7.67. The Morgan fingerprint density at radius 2 is 2.03 bits per heavy atom. The van der Waals surface area contributed by atoms with Gasteiger partial charge in [0.2, 0.25) is 0 Å². The van der Waals surface area contributed by atoms with E-state index in [1.807, 2.05) is 38.8 Å². The number of carbonyl (C=O) groups excluding carboxylic acids is 1. The molecule has 1 amide bonds. The molecule has 0 bridgehead atoms. The quantitative estimate of drug-likeness (QED) is 0.683. The van der Waals surface area contributed by atoms with E-state index in [9.17, 15) is 4.79 Å². The van der Waals surface area contributed by atoms with Gasteiger partial charge in [0, 0.05) is 42.5 Å². The maximum atomic E-state index is 12.5. The lowest BCUT2D eigenvalue weighted by atomic mass is 9.82. The molecular formula is C21H26N6O2. The van der Waals surface area contributed by atoms with Gasteiger partial charge in [-0.1, -0.05) is 0 Å². The van der Waals surface area contributed by atoms with Crippen LogP contribution in [-0.4, -0.2) is 54.4 Å². The highest BCUT2D eigenvalue weighted by atomic mass is 16.6. The predicted molar refractivity (Wildman–Crippen MR) is 109 cm³/mol. The van der Waals surface area contributed by atoms with Gasteiger partial charge in [-0.15, -0.1) is 0 Å². The molecule has 1 saturated heterocycles. The Morgan fingerprint density at radius 3 is 2.83 bits per heavy atom. The number of aryl methyl sites for hydroxylation is 2. The van der Waals surface area contributed by atoms with Gasteiger partial charge in [0.1, 0.15) is 11.4 Å². The van der Waals surface area contributed by atoms with Crippen molar-refractivity contribution in [2.45, 2.75) is 58.1 Å². The highest BCUT2D eigenvalue weighted by molar-refractivity contribution is 5.77. The molecule has 1 fully saturated rings. The highest BCUT2D eigenvalue weighted by Crippen LogP contribution is 2.44. The Kier molecular flexibility index (Phi) is 3.78. The van der Waals surface area contributed by atoms with Gasteiger partial charge in [0.15, 0.2) is 5.65 Å². The zero-order chi connectivity index (χ0) is 20.4. The topological polar surface area (TPSA) is 88.9 Å². The van der Waals surface area contributed by atoms with Gasteiger partial charge in [-0.2, -0.15) is 5.10 Å². The van der Waals surface area contributed by atoms with Crippen molar-refractivity contribution >= 4 is 17.3 Å². The smallest absolute Gasteiger partial charge is 0.410 e. The van der Waals surface area contributed by atoms with E-state index >= 15 is 0 Å². The van der Waals surface area contributed by atoms with Gasteiger partial charge < -0.3 is 14.6 Å². The van der Waals surface area contributed by atoms with Crippen molar-refractivity contribution in [3.8, 4) is 11.3 Å². The first-order valence-corrected chi connectivity index (χ1v) is 10.1. The second-order valence-corrected chi connectivity index (χ2v) is 9.24. The summed E-state index contributed by atoms with van der Waals surface area (Å²) in [7, 11) is 0. The van der Waals surface area contributed by atoms with Crippen LogP contribution in [0, 0.1) is 6.92 Å². The average molecular weight is 394 g/mol. The number of aromatic nitrogens is 5. The first kappa shape index (κ1) is 18.1. The Morgan fingerprint density at radius 1 is 1.24 bits per heavy atom. The van der Waals surface area contributed by atoms with E-state index in [2.05, 4.69) is 31.8 Å². The normalized spacial score (nSPS) is 21.3. The number of nitrogens with one attached hydrogen (secondary N) is 1. The third-order valence-corrected chi connectivity index (χ3v) is 5.88. The zero-order valence-electron chi connectivity index (χ0n) is 17.3. The molecule has 0 aromatic carbocycles. The number of fused-ring (bicyclic) bond motifs is 3. The summed E-state index contributed by atoms with van der Waals surface area (Å²) in [6.45, 7) is 9.91. The Balaban J connectivity index is 1.42. The molecule has 1 spiro atoms. The molecule has 1 unspecified atom stereocenters. The molecule has 1 atom stereocenters. The van der Waals surface area contributed by atoms with E-state index in [-0.39, 0.29) is 11.5 Å². The molecule has 1 N–H and O–H groups in total. The first-order chi connectivity index (χ1) is 13.7. The number of pyridine rings is 1. The van der Waals surface area contributed by atoms with Crippen LogP contribution in [0.3, 0.4) is 0 Å². The summed E-state index contributed by atoms with van der Waals surface area (Å²) in [5, 5.41) is 4.83.